The van der Waals surface area contributed by atoms with E-state index in [1.165, 1.54) is 173 Å². The SMILES string of the molecule is CC/C=C\C/C=C\C/C=C\CCCCCCCC(=O)OCC(COC(=O)CCCCCCCCCCCCCC/C=C\C/C=C\C/C=C\CCCCCCC)OC(=O)CCCCCCCCCCC/C=C\C/C=C\CCCCC. The van der Waals surface area contributed by atoms with Crippen molar-refractivity contribution in [3.05, 3.63) is 97.2 Å². The van der Waals surface area contributed by atoms with Gasteiger partial charge in [-0.15, -0.1) is 0 Å². The second kappa shape index (κ2) is 66.8. The first kappa shape index (κ1) is 75.3. The Morgan fingerprint density at radius 1 is 0.266 bits per heavy atom. The number of carbonyl (C=O) groups is 3. The molecule has 0 amide bonds. The third-order valence-corrected chi connectivity index (χ3v) is 14.5. The van der Waals surface area contributed by atoms with E-state index < -0.39 is 6.10 Å². The number of esters is 3. The van der Waals surface area contributed by atoms with Crippen molar-refractivity contribution >= 4 is 17.9 Å². The Balaban J connectivity index is 4.33. The Hall–Kier alpha value is -3.67. The normalized spacial score (nSPS) is 12.7. The lowest BCUT2D eigenvalue weighted by atomic mass is 10.0. The summed E-state index contributed by atoms with van der Waals surface area (Å²) in [7, 11) is 0. The molecule has 6 heteroatoms. The molecule has 79 heavy (non-hydrogen) atoms. The highest BCUT2D eigenvalue weighted by Crippen LogP contribution is 2.16. The predicted octanol–water partition coefficient (Wildman–Crippen LogP) is 23.2. The molecule has 0 aliphatic carbocycles. The third kappa shape index (κ3) is 65.0. The fraction of sp³-hybridized carbons (Fsp3) is 0.740. The van der Waals surface area contributed by atoms with Crippen molar-refractivity contribution in [1.82, 2.24) is 0 Å². The van der Waals surface area contributed by atoms with Crippen molar-refractivity contribution in [3.8, 4) is 0 Å². The highest BCUT2D eigenvalue weighted by molar-refractivity contribution is 5.71. The van der Waals surface area contributed by atoms with E-state index >= 15 is 0 Å². The summed E-state index contributed by atoms with van der Waals surface area (Å²) >= 11 is 0. The lowest BCUT2D eigenvalue weighted by molar-refractivity contribution is -0.167. The molecule has 1 atom stereocenters. The summed E-state index contributed by atoms with van der Waals surface area (Å²) in [4.78, 5) is 38.4. The molecule has 0 N–H and O–H groups in total. The van der Waals surface area contributed by atoms with Gasteiger partial charge in [-0.2, -0.15) is 0 Å². The van der Waals surface area contributed by atoms with E-state index in [1.807, 2.05) is 0 Å². The predicted molar refractivity (Wildman–Crippen MR) is 344 cm³/mol. The van der Waals surface area contributed by atoms with Crippen LogP contribution >= 0.6 is 0 Å². The smallest absolute Gasteiger partial charge is 0.306 e. The molecular formula is C73H126O6. The van der Waals surface area contributed by atoms with Gasteiger partial charge in [0, 0.05) is 19.3 Å². The largest absolute Gasteiger partial charge is 0.462 e. The van der Waals surface area contributed by atoms with Gasteiger partial charge in [-0.1, -0.05) is 285 Å². The van der Waals surface area contributed by atoms with Gasteiger partial charge in [-0.25, -0.2) is 0 Å². The third-order valence-electron chi connectivity index (χ3n) is 14.5. The molecule has 0 aliphatic heterocycles. The minimum Gasteiger partial charge on any atom is -0.462 e. The van der Waals surface area contributed by atoms with E-state index in [2.05, 4.69) is 118 Å². The fourth-order valence-electron chi connectivity index (χ4n) is 9.50. The van der Waals surface area contributed by atoms with Crippen LogP contribution in [0.25, 0.3) is 0 Å². The summed E-state index contributed by atoms with van der Waals surface area (Å²) in [6.07, 6.45) is 89.9. The van der Waals surface area contributed by atoms with Crippen LogP contribution in [0.2, 0.25) is 0 Å². The molecule has 0 aromatic carbocycles. The van der Waals surface area contributed by atoms with Crippen molar-refractivity contribution in [2.24, 2.45) is 0 Å². The van der Waals surface area contributed by atoms with Crippen LogP contribution < -0.4 is 0 Å². The first-order chi connectivity index (χ1) is 39.0. The molecular weight excluding hydrogens is 973 g/mol. The van der Waals surface area contributed by atoms with Crippen molar-refractivity contribution in [2.45, 2.75) is 335 Å². The molecule has 0 aromatic rings. The lowest BCUT2D eigenvalue weighted by Crippen LogP contribution is -2.30. The van der Waals surface area contributed by atoms with Gasteiger partial charge >= 0.3 is 17.9 Å². The topological polar surface area (TPSA) is 78.9 Å². The molecule has 0 bridgehead atoms. The van der Waals surface area contributed by atoms with Crippen LogP contribution in [0.3, 0.4) is 0 Å². The molecule has 0 heterocycles. The summed E-state index contributed by atoms with van der Waals surface area (Å²) < 4.78 is 16.9. The summed E-state index contributed by atoms with van der Waals surface area (Å²) in [5.74, 6) is -0.896. The highest BCUT2D eigenvalue weighted by Gasteiger charge is 2.19. The Morgan fingerprint density at radius 3 is 0.797 bits per heavy atom. The number of rotatable bonds is 61. The summed E-state index contributed by atoms with van der Waals surface area (Å²) in [6.45, 7) is 6.51. The number of unbranched alkanes of at least 4 members (excludes halogenated alkanes) is 34. The maximum absolute atomic E-state index is 12.9. The molecule has 0 saturated carbocycles. The van der Waals surface area contributed by atoms with Crippen LogP contribution in [0.5, 0.6) is 0 Å². The van der Waals surface area contributed by atoms with Gasteiger partial charge in [0.1, 0.15) is 13.2 Å². The second-order valence-corrected chi connectivity index (χ2v) is 22.3. The van der Waals surface area contributed by atoms with Crippen molar-refractivity contribution in [1.29, 1.82) is 0 Å². The van der Waals surface area contributed by atoms with Gasteiger partial charge in [-0.3, -0.25) is 14.4 Å². The van der Waals surface area contributed by atoms with Crippen molar-refractivity contribution in [2.75, 3.05) is 13.2 Å². The molecule has 6 nitrogen and oxygen atoms in total. The van der Waals surface area contributed by atoms with Gasteiger partial charge in [0.05, 0.1) is 0 Å². The number of ether oxygens (including phenoxy) is 3. The number of hydrogen-bond acceptors (Lipinski definition) is 6. The molecule has 0 saturated heterocycles. The maximum atomic E-state index is 12.9. The van der Waals surface area contributed by atoms with Crippen LogP contribution in [-0.2, 0) is 28.6 Å². The Morgan fingerprint density at radius 2 is 0.494 bits per heavy atom. The van der Waals surface area contributed by atoms with E-state index in [4.69, 9.17) is 14.2 Å². The zero-order chi connectivity index (χ0) is 57.1. The van der Waals surface area contributed by atoms with Gasteiger partial charge in [-0.05, 0) is 122 Å². The van der Waals surface area contributed by atoms with Crippen LogP contribution in [0.1, 0.15) is 329 Å². The van der Waals surface area contributed by atoms with Crippen LogP contribution in [-0.4, -0.2) is 37.2 Å². The van der Waals surface area contributed by atoms with Crippen molar-refractivity contribution < 1.29 is 28.6 Å². The molecule has 0 radical (unpaired) electrons. The van der Waals surface area contributed by atoms with Crippen LogP contribution in [0.4, 0.5) is 0 Å². The second-order valence-electron chi connectivity index (χ2n) is 22.3. The van der Waals surface area contributed by atoms with Crippen molar-refractivity contribution in [3.63, 3.8) is 0 Å². The molecule has 0 spiro atoms. The molecule has 1 unspecified atom stereocenters. The highest BCUT2D eigenvalue weighted by atomic mass is 16.6. The summed E-state index contributed by atoms with van der Waals surface area (Å²) in [5.41, 5.74) is 0. The maximum Gasteiger partial charge on any atom is 0.306 e. The quantitative estimate of drug-likeness (QED) is 0.0261. The van der Waals surface area contributed by atoms with Gasteiger partial charge < -0.3 is 14.2 Å². The molecule has 0 fully saturated rings. The molecule has 0 rings (SSSR count). The van der Waals surface area contributed by atoms with E-state index in [1.54, 1.807) is 0 Å². The average Bonchev–Trinajstić information content (AvgIpc) is 3.45. The average molecular weight is 1100 g/mol. The minimum absolute atomic E-state index is 0.0849. The minimum atomic E-state index is -0.790. The van der Waals surface area contributed by atoms with E-state index in [0.717, 1.165) is 116 Å². The Labute approximate surface area is 489 Å². The fourth-order valence-corrected chi connectivity index (χ4v) is 9.50. The Bertz CT molecular complexity index is 1540. The van der Waals surface area contributed by atoms with E-state index in [0.29, 0.717) is 19.3 Å². The number of allylic oxidation sites excluding steroid dienone is 16. The molecule has 454 valence electrons. The number of carbonyl (C=O) groups excluding carboxylic acids is 3. The number of hydrogen-bond donors (Lipinski definition) is 0. The first-order valence-electron chi connectivity index (χ1n) is 33.7. The molecule has 0 aromatic heterocycles. The monoisotopic (exact) mass is 1100 g/mol. The summed E-state index contributed by atoms with van der Waals surface area (Å²) in [6, 6.07) is 0. The summed E-state index contributed by atoms with van der Waals surface area (Å²) in [5, 5.41) is 0. The van der Waals surface area contributed by atoms with Crippen LogP contribution in [0.15, 0.2) is 97.2 Å². The lowest BCUT2D eigenvalue weighted by Gasteiger charge is -2.18. The Kier molecular flexibility index (Phi) is 63.7. The van der Waals surface area contributed by atoms with E-state index in [9.17, 15) is 14.4 Å². The first-order valence-corrected chi connectivity index (χ1v) is 33.7. The standard InChI is InChI=1S/C73H126O6/c1-4-7-10-13-16-19-22-25-28-30-32-33-34-35-36-37-38-39-41-42-45-48-51-54-57-60-63-66-72(75)78-69-70(68-77-71(74)65-62-59-56-53-50-47-44-27-24-21-18-15-12-9-6-3)79-73(76)67-64-61-58-55-52-49-46-43-40-31-29-26-23-20-17-14-11-8-5-2/h9,12,17-18,20-22,25-27,29-30,32,34-35,44,70H,4-8,10-11,13-16,19,23-24,28,31,33,36-43,45-69H2,1-3H3/b12-9-,20-17-,21-18-,25-22-,29-26-,32-30-,35-34-,44-27-. The van der Waals surface area contributed by atoms with Gasteiger partial charge in [0.15, 0.2) is 6.10 Å². The van der Waals surface area contributed by atoms with Gasteiger partial charge in [0.2, 0.25) is 0 Å². The zero-order valence-electron chi connectivity index (χ0n) is 52.1. The van der Waals surface area contributed by atoms with Crippen LogP contribution in [0, 0.1) is 0 Å². The molecule has 0 aliphatic rings. The van der Waals surface area contributed by atoms with Gasteiger partial charge in [0.25, 0.3) is 0 Å². The zero-order valence-corrected chi connectivity index (χ0v) is 52.1. The van der Waals surface area contributed by atoms with E-state index in [-0.39, 0.29) is 31.1 Å².